The highest BCUT2D eigenvalue weighted by molar-refractivity contribution is 6.05. The molecule has 0 atom stereocenters. The van der Waals surface area contributed by atoms with Crippen LogP contribution in [-0.4, -0.2) is 16.7 Å². The number of carbonyl (C=O) groups excluding carboxylic acids is 2. The van der Waals surface area contributed by atoms with Crippen molar-refractivity contribution in [3.63, 3.8) is 0 Å². The fourth-order valence-electron chi connectivity index (χ4n) is 3.05. The van der Waals surface area contributed by atoms with E-state index in [0.717, 1.165) is 0 Å². The molecule has 0 bridgehead atoms. The van der Waals surface area contributed by atoms with Crippen molar-refractivity contribution in [1.29, 1.82) is 0 Å². The van der Waals surface area contributed by atoms with Crippen molar-refractivity contribution >= 4 is 40.3 Å². The molecule has 164 valence electrons. The average Bonchev–Trinajstić information content (AvgIpc) is 3.36. The van der Waals surface area contributed by atoms with E-state index in [1.54, 1.807) is 48.5 Å². The standard InChI is InChI=1S/C24H18N4O5/c29-23(26-18-9-11-19(12-10-18)27-24(30)22-7-4-14-33-22)16-8-13-20(21(15-16)28(31)32)25-17-5-2-1-3-6-17/h1-15,25H,(H,26,29)(H,27,30). The second-order valence-corrected chi connectivity index (χ2v) is 6.94. The molecule has 0 aliphatic heterocycles. The van der Waals surface area contributed by atoms with Crippen molar-refractivity contribution < 1.29 is 18.9 Å². The lowest BCUT2D eigenvalue weighted by atomic mass is 10.1. The molecule has 0 fully saturated rings. The first kappa shape index (κ1) is 21.3. The number of hydrogen-bond acceptors (Lipinski definition) is 6. The van der Waals surface area contributed by atoms with Crippen LogP contribution in [0.1, 0.15) is 20.9 Å². The zero-order valence-electron chi connectivity index (χ0n) is 17.1. The predicted octanol–water partition coefficient (Wildman–Crippen LogP) is 5.44. The van der Waals surface area contributed by atoms with Crippen LogP contribution in [-0.2, 0) is 0 Å². The van der Waals surface area contributed by atoms with Crippen LogP contribution in [0.5, 0.6) is 0 Å². The van der Waals surface area contributed by atoms with Gasteiger partial charge < -0.3 is 20.4 Å². The van der Waals surface area contributed by atoms with Crippen LogP contribution in [0.15, 0.2) is 95.6 Å². The van der Waals surface area contributed by atoms with Crippen molar-refractivity contribution in [2.75, 3.05) is 16.0 Å². The van der Waals surface area contributed by atoms with Gasteiger partial charge in [0, 0.05) is 28.7 Å². The van der Waals surface area contributed by atoms with E-state index < -0.39 is 16.7 Å². The van der Waals surface area contributed by atoms with Crippen LogP contribution >= 0.6 is 0 Å². The normalized spacial score (nSPS) is 10.3. The molecule has 0 aliphatic rings. The molecule has 2 amide bonds. The van der Waals surface area contributed by atoms with E-state index in [1.807, 2.05) is 18.2 Å². The molecule has 1 aromatic heterocycles. The van der Waals surface area contributed by atoms with E-state index in [0.29, 0.717) is 17.1 Å². The Morgan fingerprint density at radius 2 is 1.42 bits per heavy atom. The number of hydrogen-bond donors (Lipinski definition) is 3. The highest BCUT2D eigenvalue weighted by atomic mass is 16.6. The second kappa shape index (κ2) is 9.48. The van der Waals surface area contributed by atoms with E-state index in [4.69, 9.17) is 4.42 Å². The molecule has 1 heterocycles. The number of nitrogens with zero attached hydrogens (tertiary/aromatic N) is 1. The molecule has 3 N–H and O–H groups in total. The summed E-state index contributed by atoms with van der Waals surface area (Å²) in [6, 6.07) is 22.8. The summed E-state index contributed by atoms with van der Waals surface area (Å²) in [5, 5.41) is 19.9. The van der Waals surface area contributed by atoms with Gasteiger partial charge in [0.1, 0.15) is 5.69 Å². The number of nitro benzene ring substituents is 1. The first-order valence-electron chi connectivity index (χ1n) is 9.86. The maximum Gasteiger partial charge on any atom is 0.293 e. The summed E-state index contributed by atoms with van der Waals surface area (Å²) in [6.07, 6.45) is 1.40. The SMILES string of the molecule is O=C(Nc1ccc(NC(=O)c2ccco2)cc1)c1ccc(Nc2ccccc2)c([N+](=O)[O-])c1. The fourth-order valence-corrected chi connectivity index (χ4v) is 3.05. The van der Waals surface area contributed by atoms with Crippen LogP contribution in [0.2, 0.25) is 0 Å². The molecule has 0 unspecified atom stereocenters. The van der Waals surface area contributed by atoms with Gasteiger partial charge in [0.2, 0.25) is 0 Å². The van der Waals surface area contributed by atoms with Crippen molar-refractivity contribution in [3.05, 3.63) is 113 Å². The van der Waals surface area contributed by atoms with E-state index >= 15 is 0 Å². The molecule has 0 radical (unpaired) electrons. The summed E-state index contributed by atoms with van der Waals surface area (Å²) in [5.41, 5.74) is 1.86. The van der Waals surface area contributed by atoms with E-state index in [-0.39, 0.29) is 22.7 Å². The predicted molar refractivity (Wildman–Crippen MR) is 124 cm³/mol. The zero-order valence-corrected chi connectivity index (χ0v) is 17.1. The summed E-state index contributed by atoms with van der Waals surface area (Å²) in [7, 11) is 0. The van der Waals surface area contributed by atoms with Gasteiger partial charge in [-0.15, -0.1) is 0 Å². The van der Waals surface area contributed by atoms with Gasteiger partial charge in [-0.2, -0.15) is 0 Å². The number of para-hydroxylation sites is 1. The maximum atomic E-state index is 12.6. The molecule has 3 aromatic carbocycles. The van der Waals surface area contributed by atoms with Crippen LogP contribution < -0.4 is 16.0 Å². The first-order chi connectivity index (χ1) is 16.0. The average molecular weight is 442 g/mol. The minimum absolute atomic E-state index is 0.135. The number of amides is 2. The van der Waals surface area contributed by atoms with Crippen LogP contribution in [0, 0.1) is 10.1 Å². The molecule has 0 saturated carbocycles. The molecular weight excluding hydrogens is 424 g/mol. The number of nitrogens with one attached hydrogen (secondary N) is 3. The quantitative estimate of drug-likeness (QED) is 0.259. The highest BCUT2D eigenvalue weighted by Crippen LogP contribution is 2.29. The minimum atomic E-state index is -0.543. The molecule has 9 heteroatoms. The van der Waals surface area contributed by atoms with Gasteiger partial charge in [-0.05, 0) is 60.7 Å². The van der Waals surface area contributed by atoms with Crippen molar-refractivity contribution in [1.82, 2.24) is 0 Å². The number of anilines is 4. The number of carbonyl (C=O) groups is 2. The van der Waals surface area contributed by atoms with Gasteiger partial charge in [0.25, 0.3) is 17.5 Å². The van der Waals surface area contributed by atoms with Crippen molar-refractivity contribution in [2.24, 2.45) is 0 Å². The topological polar surface area (TPSA) is 127 Å². The largest absolute Gasteiger partial charge is 0.459 e. The number of benzene rings is 3. The summed E-state index contributed by atoms with van der Waals surface area (Å²) >= 11 is 0. The Kier molecular flexibility index (Phi) is 6.12. The Morgan fingerprint density at radius 3 is 2.03 bits per heavy atom. The lowest BCUT2D eigenvalue weighted by molar-refractivity contribution is -0.383. The van der Waals surface area contributed by atoms with Gasteiger partial charge in [0.05, 0.1) is 11.2 Å². The van der Waals surface area contributed by atoms with Gasteiger partial charge >= 0.3 is 0 Å². The second-order valence-electron chi connectivity index (χ2n) is 6.94. The van der Waals surface area contributed by atoms with Crippen LogP contribution in [0.4, 0.5) is 28.4 Å². The van der Waals surface area contributed by atoms with Gasteiger partial charge in [-0.3, -0.25) is 19.7 Å². The third kappa shape index (κ3) is 5.23. The molecule has 33 heavy (non-hydrogen) atoms. The van der Waals surface area contributed by atoms with E-state index in [9.17, 15) is 19.7 Å². The third-order valence-electron chi connectivity index (χ3n) is 4.66. The number of nitro groups is 1. The Balaban J connectivity index is 1.45. The smallest absolute Gasteiger partial charge is 0.293 e. The van der Waals surface area contributed by atoms with Crippen molar-refractivity contribution in [2.45, 2.75) is 0 Å². The molecular formula is C24H18N4O5. The molecule has 0 spiro atoms. The zero-order chi connectivity index (χ0) is 23.2. The molecule has 0 saturated heterocycles. The third-order valence-corrected chi connectivity index (χ3v) is 4.66. The van der Waals surface area contributed by atoms with E-state index in [1.165, 1.54) is 24.5 Å². The van der Waals surface area contributed by atoms with Crippen LogP contribution in [0.3, 0.4) is 0 Å². The first-order valence-corrected chi connectivity index (χ1v) is 9.86. The van der Waals surface area contributed by atoms with E-state index in [2.05, 4.69) is 16.0 Å². The fraction of sp³-hybridized carbons (Fsp3) is 0. The monoisotopic (exact) mass is 442 g/mol. The number of furan rings is 1. The Bertz CT molecular complexity index is 1290. The summed E-state index contributed by atoms with van der Waals surface area (Å²) in [4.78, 5) is 35.7. The Labute approximate surface area is 188 Å². The summed E-state index contributed by atoms with van der Waals surface area (Å²) in [6.45, 7) is 0. The molecule has 0 aliphatic carbocycles. The molecule has 4 rings (SSSR count). The van der Waals surface area contributed by atoms with Crippen molar-refractivity contribution in [3.8, 4) is 0 Å². The van der Waals surface area contributed by atoms with Gasteiger partial charge in [-0.1, -0.05) is 18.2 Å². The summed E-state index contributed by atoms with van der Waals surface area (Å²) < 4.78 is 5.04. The Morgan fingerprint density at radius 1 is 0.758 bits per heavy atom. The maximum absolute atomic E-state index is 12.6. The Hall–Kier alpha value is -4.92. The lowest BCUT2D eigenvalue weighted by Gasteiger charge is -2.10. The lowest BCUT2D eigenvalue weighted by Crippen LogP contribution is -2.13. The molecule has 9 nitrogen and oxygen atoms in total. The van der Waals surface area contributed by atoms with Crippen LogP contribution in [0.25, 0.3) is 0 Å². The molecule has 4 aromatic rings. The minimum Gasteiger partial charge on any atom is -0.459 e. The van der Waals surface area contributed by atoms with Gasteiger partial charge in [0.15, 0.2) is 5.76 Å². The van der Waals surface area contributed by atoms with Gasteiger partial charge in [-0.25, -0.2) is 0 Å². The highest BCUT2D eigenvalue weighted by Gasteiger charge is 2.18. The summed E-state index contributed by atoms with van der Waals surface area (Å²) in [5.74, 6) is -0.718. The number of rotatable bonds is 7.